The van der Waals surface area contributed by atoms with E-state index in [1.807, 2.05) is 24.3 Å². The first kappa shape index (κ1) is 17.2. The Labute approximate surface area is 156 Å². The number of hydrogen-bond acceptors (Lipinski definition) is 5. The van der Waals surface area contributed by atoms with Gasteiger partial charge in [-0.1, -0.05) is 12.1 Å². The standard InChI is InChI=1S/C20H20N4O3/c1-13(25)21-15-6-4-14(5-7-15)11-24-9-8-17-16(12-24)20(26)23-19(22-17)18-3-2-10-27-18/h2-7,10H,8-9,11-12H2,1H3,(H,21,25)(H,22,23,26). The number of nitrogens with one attached hydrogen (secondary N) is 2. The molecule has 1 aliphatic rings. The van der Waals surface area contributed by atoms with E-state index in [-0.39, 0.29) is 11.5 Å². The van der Waals surface area contributed by atoms with E-state index in [1.165, 1.54) is 6.92 Å². The van der Waals surface area contributed by atoms with Gasteiger partial charge >= 0.3 is 0 Å². The fourth-order valence-electron chi connectivity index (χ4n) is 3.30. The Morgan fingerprint density at radius 1 is 1.30 bits per heavy atom. The molecule has 2 aromatic heterocycles. The molecule has 3 heterocycles. The van der Waals surface area contributed by atoms with E-state index in [2.05, 4.69) is 20.2 Å². The molecule has 1 amide bonds. The van der Waals surface area contributed by atoms with E-state index in [9.17, 15) is 9.59 Å². The van der Waals surface area contributed by atoms with Crippen molar-refractivity contribution in [3.63, 3.8) is 0 Å². The second kappa shape index (κ2) is 7.20. The van der Waals surface area contributed by atoms with Gasteiger partial charge < -0.3 is 14.7 Å². The number of rotatable bonds is 4. The summed E-state index contributed by atoms with van der Waals surface area (Å²) in [6.07, 6.45) is 2.28. The van der Waals surface area contributed by atoms with Crippen LogP contribution in [0.5, 0.6) is 0 Å². The fraction of sp³-hybridized carbons (Fsp3) is 0.250. The lowest BCUT2D eigenvalue weighted by Gasteiger charge is -2.27. The number of nitrogens with zero attached hydrogens (tertiary/aromatic N) is 2. The minimum Gasteiger partial charge on any atom is -0.461 e. The van der Waals surface area contributed by atoms with Crippen molar-refractivity contribution >= 4 is 11.6 Å². The number of aromatic nitrogens is 2. The third-order valence-corrected chi connectivity index (χ3v) is 4.58. The Hall–Kier alpha value is -3.19. The van der Waals surface area contributed by atoms with Crippen LogP contribution in [0.2, 0.25) is 0 Å². The van der Waals surface area contributed by atoms with Crippen LogP contribution in [0.4, 0.5) is 5.69 Å². The maximum atomic E-state index is 12.5. The molecule has 0 spiro atoms. The van der Waals surface area contributed by atoms with Gasteiger partial charge in [-0.3, -0.25) is 14.5 Å². The van der Waals surface area contributed by atoms with Gasteiger partial charge in [-0.25, -0.2) is 4.98 Å². The van der Waals surface area contributed by atoms with Crippen molar-refractivity contribution in [1.29, 1.82) is 0 Å². The van der Waals surface area contributed by atoms with Crippen LogP contribution in [0.25, 0.3) is 11.6 Å². The summed E-state index contributed by atoms with van der Waals surface area (Å²) in [5.41, 5.74) is 3.34. The molecule has 0 saturated carbocycles. The summed E-state index contributed by atoms with van der Waals surface area (Å²) < 4.78 is 5.33. The van der Waals surface area contributed by atoms with Gasteiger partial charge in [0, 0.05) is 38.7 Å². The highest BCUT2D eigenvalue weighted by molar-refractivity contribution is 5.88. The van der Waals surface area contributed by atoms with Crippen LogP contribution in [0.3, 0.4) is 0 Å². The Bertz CT molecular complexity index is 1010. The maximum absolute atomic E-state index is 12.5. The van der Waals surface area contributed by atoms with Crippen LogP contribution in [0.1, 0.15) is 23.7 Å². The number of hydrogen-bond donors (Lipinski definition) is 2. The predicted molar refractivity (Wildman–Crippen MR) is 101 cm³/mol. The number of anilines is 1. The molecule has 7 nitrogen and oxygen atoms in total. The molecule has 0 saturated heterocycles. The molecule has 27 heavy (non-hydrogen) atoms. The van der Waals surface area contributed by atoms with E-state index in [1.54, 1.807) is 18.4 Å². The van der Waals surface area contributed by atoms with Crippen LogP contribution in [0.15, 0.2) is 51.9 Å². The molecule has 4 rings (SSSR count). The number of carbonyl (C=O) groups excluding carboxylic acids is 1. The molecule has 0 atom stereocenters. The molecule has 1 aliphatic heterocycles. The smallest absolute Gasteiger partial charge is 0.256 e. The molecular formula is C20H20N4O3. The average molecular weight is 364 g/mol. The Morgan fingerprint density at radius 2 is 2.11 bits per heavy atom. The lowest BCUT2D eigenvalue weighted by atomic mass is 10.1. The number of furan rings is 1. The molecule has 0 unspecified atom stereocenters. The minimum absolute atomic E-state index is 0.0870. The molecule has 0 radical (unpaired) electrons. The molecule has 138 valence electrons. The first-order valence-electron chi connectivity index (χ1n) is 8.83. The van der Waals surface area contributed by atoms with Crippen molar-refractivity contribution in [3.05, 3.63) is 69.8 Å². The molecule has 3 aromatic rings. The minimum atomic E-state index is -0.114. The van der Waals surface area contributed by atoms with Crippen molar-refractivity contribution < 1.29 is 9.21 Å². The summed E-state index contributed by atoms with van der Waals surface area (Å²) in [5, 5.41) is 2.76. The van der Waals surface area contributed by atoms with E-state index in [0.29, 0.717) is 23.7 Å². The zero-order chi connectivity index (χ0) is 18.8. The summed E-state index contributed by atoms with van der Waals surface area (Å²) >= 11 is 0. The number of fused-ring (bicyclic) bond motifs is 1. The van der Waals surface area contributed by atoms with Gasteiger partial charge in [-0.05, 0) is 29.8 Å². The number of aromatic amines is 1. The third kappa shape index (κ3) is 3.83. The van der Waals surface area contributed by atoms with Crippen molar-refractivity contribution in [1.82, 2.24) is 14.9 Å². The van der Waals surface area contributed by atoms with Crippen molar-refractivity contribution in [2.24, 2.45) is 0 Å². The number of carbonyl (C=O) groups is 1. The molecule has 0 bridgehead atoms. The van der Waals surface area contributed by atoms with Crippen LogP contribution in [-0.2, 0) is 24.3 Å². The van der Waals surface area contributed by atoms with Crippen molar-refractivity contribution in [3.8, 4) is 11.6 Å². The van der Waals surface area contributed by atoms with Gasteiger partial charge in [0.05, 0.1) is 17.5 Å². The molecule has 2 N–H and O–H groups in total. The summed E-state index contributed by atoms with van der Waals surface area (Å²) in [6, 6.07) is 11.3. The van der Waals surface area contributed by atoms with Gasteiger partial charge in [0.2, 0.25) is 5.91 Å². The number of benzene rings is 1. The van der Waals surface area contributed by atoms with Crippen molar-refractivity contribution in [2.45, 2.75) is 26.4 Å². The maximum Gasteiger partial charge on any atom is 0.256 e. The number of H-pyrrole nitrogens is 1. The highest BCUT2D eigenvalue weighted by Crippen LogP contribution is 2.20. The van der Waals surface area contributed by atoms with E-state index in [4.69, 9.17) is 4.42 Å². The van der Waals surface area contributed by atoms with Crippen molar-refractivity contribution in [2.75, 3.05) is 11.9 Å². The average Bonchev–Trinajstić information content (AvgIpc) is 3.18. The zero-order valence-electron chi connectivity index (χ0n) is 15.0. The topological polar surface area (TPSA) is 91.2 Å². The Kier molecular flexibility index (Phi) is 4.60. The molecular weight excluding hydrogens is 344 g/mol. The largest absolute Gasteiger partial charge is 0.461 e. The van der Waals surface area contributed by atoms with Gasteiger partial charge in [0.15, 0.2) is 11.6 Å². The highest BCUT2D eigenvalue weighted by atomic mass is 16.3. The van der Waals surface area contributed by atoms with Crippen LogP contribution in [-0.4, -0.2) is 27.3 Å². The molecule has 0 fully saturated rings. The van der Waals surface area contributed by atoms with Crippen LogP contribution < -0.4 is 10.9 Å². The van der Waals surface area contributed by atoms with Gasteiger partial charge in [-0.15, -0.1) is 0 Å². The first-order valence-corrected chi connectivity index (χ1v) is 8.83. The molecule has 7 heteroatoms. The highest BCUT2D eigenvalue weighted by Gasteiger charge is 2.22. The predicted octanol–water partition coefficient (Wildman–Crippen LogP) is 2.55. The zero-order valence-corrected chi connectivity index (χ0v) is 15.0. The van der Waals surface area contributed by atoms with E-state index >= 15 is 0 Å². The summed E-state index contributed by atoms with van der Waals surface area (Å²) in [7, 11) is 0. The SMILES string of the molecule is CC(=O)Nc1ccc(CN2CCc3nc(-c4ccco4)[nH]c(=O)c3C2)cc1. The molecule has 0 aliphatic carbocycles. The van der Waals surface area contributed by atoms with Crippen LogP contribution in [0, 0.1) is 0 Å². The Morgan fingerprint density at radius 3 is 2.81 bits per heavy atom. The van der Waals surface area contributed by atoms with Gasteiger partial charge in [-0.2, -0.15) is 0 Å². The summed E-state index contributed by atoms with van der Waals surface area (Å²) in [4.78, 5) is 33.2. The monoisotopic (exact) mass is 364 g/mol. The third-order valence-electron chi connectivity index (χ3n) is 4.58. The fourth-order valence-corrected chi connectivity index (χ4v) is 3.30. The van der Waals surface area contributed by atoms with E-state index in [0.717, 1.165) is 36.5 Å². The Balaban J connectivity index is 1.48. The quantitative estimate of drug-likeness (QED) is 0.742. The summed E-state index contributed by atoms with van der Waals surface area (Å²) in [5.74, 6) is 0.957. The lowest BCUT2D eigenvalue weighted by molar-refractivity contribution is -0.114. The van der Waals surface area contributed by atoms with Crippen LogP contribution >= 0.6 is 0 Å². The van der Waals surface area contributed by atoms with E-state index < -0.39 is 0 Å². The second-order valence-corrected chi connectivity index (χ2v) is 6.66. The molecule has 1 aromatic carbocycles. The summed E-state index contributed by atoms with van der Waals surface area (Å²) in [6.45, 7) is 3.61. The van der Waals surface area contributed by atoms with Gasteiger partial charge in [0.25, 0.3) is 5.56 Å². The number of amides is 1. The lowest BCUT2D eigenvalue weighted by Crippen LogP contribution is -2.35. The normalized spacial score (nSPS) is 14.0. The first-order chi connectivity index (χ1) is 13.1. The second-order valence-electron chi connectivity index (χ2n) is 6.66. The van der Waals surface area contributed by atoms with Gasteiger partial charge in [0.1, 0.15) is 0 Å².